The van der Waals surface area contributed by atoms with Crippen molar-refractivity contribution < 1.29 is 9.59 Å². The second-order valence-electron chi connectivity index (χ2n) is 8.48. The quantitative estimate of drug-likeness (QED) is 0.162. The first-order chi connectivity index (χ1) is 13.2. The SMILES string of the molecule is CCCCCC[N+](CCCCCC)(CCCCCC)CCCCCC.C[O-]. The third-order valence-corrected chi connectivity index (χ3v) is 5.94. The zero-order valence-corrected chi connectivity index (χ0v) is 20.0. The van der Waals surface area contributed by atoms with Gasteiger partial charge in [0.1, 0.15) is 0 Å². The van der Waals surface area contributed by atoms with Crippen molar-refractivity contribution in [1.29, 1.82) is 0 Å². The van der Waals surface area contributed by atoms with Crippen LogP contribution in [-0.4, -0.2) is 37.8 Å². The van der Waals surface area contributed by atoms with E-state index in [9.17, 15) is 0 Å². The van der Waals surface area contributed by atoms with Crippen LogP contribution < -0.4 is 5.11 Å². The molecule has 27 heavy (non-hydrogen) atoms. The number of quaternary nitrogens is 1. The second-order valence-corrected chi connectivity index (χ2v) is 8.48. The van der Waals surface area contributed by atoms with Gasteiger partial charge in [-0.2, -0.15) is 7.11 Å². The number of hydrogen-bond acceptors (Lipinski definition) is 1. The molecule has 0 aliphatic rings. The lowest BCUT2D eigenvalue weighted by Gasteiger charge is -2.39. The van der Waals surface area contributed by atoms with Crippen molar-refractivity contribution in [3.8, 4) is 0 Å². The fraction of sp³-hybridized carbons (Fsp3) is 1.00. The molecule has 0 saturated heterocycles. The maximum absolute atomic E-state index is 8.25. The van der Waals surface area contributed by atoms with Gasteiger partial charge in [0.05, 0.1) is 26.2 Å². The monoisotopic (exact) mass is 385 g/mol. The molecular weight excluding hydrogens is 330 g/mol. The van der Waals surface area contributed by atoms with Crippen molar-refractivity contribution >= 4 is 0 Å². The third kappa shape index (κ3) is 19.0. The lowest BCUT2D eigenvalue weighted by atomic mass is 10.1. The molecule has 0 aromatic heterocycles. The molecule has 0 radical (unpaired) electrons. The summed E-state index contributed by atoms with van der Waals surface area (Å²) in [5, 5.41) is 8.25. The van der Waals surface area contributed by atoms with Gasteiger partial charge in [-0.15, -0.1) is 0 Å². The standard InChI is InChI=1S/C24H52N.CH3O/c1-5-9-13-17-21-25(22-18-14-10-6-2,23-19-15-11-7-3)24-20-16-12-8-4;1-2/h5-24H2,1-4H3;1H3/q+1;-1. The van der Waals surface area contributed by atoms with E-state index in [2.05, 4.69) is 27.7 Å². The van der Waals surface area contributed by atoms with Crippen molar-refractivity contribution in [2.24, 2.45) is 0 Å². The van der Waals surface area contributed by atoms with Gasteiger partial charge in [-0.3, -0.25) is 0 Å². The predicted octanol–water partition coefficient (Wildman–Crippen LogP) is 7.10. The van der Waals surface area contributed by atoms with Crippen LogP contribution in [0.1, 0.15) is 130 Å². The van der Waals surface area contributed by atoms with Gasteiger partial charge in [0.2, 0.25) is 0 Å². The first-order valence-corrected chi connectivity index (χ1v) is 12.5. The van der Waals surface area contributed by atoms with Crippen LogP contribution in [0.2, 0.25) is 0 Å². The number of rotatable bonds is 20. The van der Waals surface area contributed by atoms with E-state index in [0.717, 1.165) is 7.11 Å². The molecule has 2 nitrogen and oxygen atoms in total. The molecule has 0 rings (SSSR count). The highest BCUT2D eigenvalue weighted by Crippen LogP contribution is 2.19. The molecule has 0 atom stereocenters. The van der Waals surface area contributed by atoms with Crippen molar-refractivity contribution in [2.45, 2.75) is 130 Å². The molecule has 0 aliphatic heterocycles. The lowest BCUT2D eigenvalue weighted by Crippen LogP contribution is -2.50. The van der Waals surface area contributed by atoms with Gasteiger partial charge in [-0.1, -0.05) is 79.1 Å². The van der Waals surface area contributed by atoms with Gasteiger partial charge in [-0.25, -0.2) is 0 Å². The Morgan fingerprint density at radius 3 is 0.778 bits per heavy atom. The zero-order valence-electron chi connectivity index (χ0n) is 20.0. The Labute approximate surface area is 173 Å². The Hall–Kier alpha value is -0.0800. The van der Waals surface area contributed by atoms with Crippen molar-refractivity contribution in [3.63, 3.8) is 0 Å². The van der Waals surface area contributed by atoms with E-state index in [4.69, 9.17) is 5.11 Å². The molecule has 0 spiro atoms. The van der Waals surface area contributed by atoms with Gasteiger partial charge in [0.25, 0.3) is 0 Å². The van der Waals surface area contributed by atoms with Gasteiger partial charge in [0.15, 0.2) is 0 Å². The highest BCUT2D eigenvalue weighted by molar-refractivity contribution is 4.53. The summed E-state index contributed by atoms with van der Waals surface area (Å²) in [7, 11) is 0.750. The Balaban J connectivity index is 0. The Bertz CT molecular complexity index is 201. The van der Waals surface area contributed by atoms with Crippen LogP contribution in [-0.2, 0) is 0 Å². The maximum atomic E-state index is 8.25. The van der Waals surface area contributed by atoms with E-state index in [1.165, 1.54) is 133 Å². The smallest absolute Gasteiger partial charge is 0.0786 e. The largest absolute Gasteiger partial charge is 0.857 e. The molecule has 0 saturated carbocycles. The zero-order chi connectivity index (χ0) is 20.6. The van der Waals surface area contributed by atoms with Crippen LogP contribution in [0, 0.1) is 0 Å². The van der Waals surface area contributed by atoms with E-state index in [-0.39, 0.29) is 0 Å². The van der Waals surface area contributed by atoms with Crippen LogP contribution in [0.3, 0.4) is 0 Å². The summed E-state index contributed by atoms with van der Waals surface area (Å²) in [6.07, 6.45) is 22.8. The summed E-state index contributed by atoms with van der Waals surface area (Å²) >= 11 is 0. The average Bonchev–Trinajstić information content (AvgIpc) is 2.71. The van der Waals surface area contributed by atoms with Crippen LogP contribution in [0.4, 0.5) is 0 Å². The molecule has 0 N–H and O–H groups in total. The Kier molecular flexibility index (Phi) is 25.8. The molecule has 0 amide bonds. The molecule has 0 aliphatic carbocycles. The third-order valence-electron chi connectivity index (χ3n) is 5.94. The van der Waals surface area contributed by atoms with Crippen LogP contribution in [0.15, 0.2) is 0 Å². The normalized spacial score (nSPS) is 11.3. The number of hydrogen-bond donors (Lipinski definition) is 0. The highest BCUT2D eigenvalue weighted by atomic mass is 16.2. The molecule has 0 aromatic rings. The summed E-state index contributed by atoms with van der Waals surface area (Å²) in [5.41, 5.74) is 0. The molecule has 0 heterocycles. The second kappa shape index (κ2) is 24.0. The van der Waals surface area contributed by atoms with Gasteiger partial charge in [-0.05, 0) is 51.4 Å². The Morgan fingerprint density at radius 2 is 0.593 bits per heavy atom. The maximum Gasteiger partial charge on any atom is 0.0786 e. The topological polar surface area (TPSA) is 23.1 Å². The van der Waals surface area contributed by atoms with Crippen molar-refractivity contribution in [1.82, 2.24) is 0 Å². The summed E-state index contributed by atoms with van der Waals surface area (Å²) in [5.74, 6) is 0. The summed E-state index contributed by atoms with van der Waals surface area (Å²) < 4.78 is 1.46. The lowest BCUT2D eigenvalue weighted by molar-refractivity contribution is -0.929. The number of unbranched alkanes of at least 4 members (excludes halogenated alkanes) is 12. The van der Waals surface area contributed by atoms with E-state index in [1.807, 2.05) is 0 Å². The Morgan fingerprint density at radius 1 is 0.370 bits per heavy atom. The fourth-order valence-corrected chi connectivity index (χ4v) is 4.17. The van der Waals surface area contributed by atoms with Crippen molar-refractivity contribution in [3.05, 3.63) is 0 Å². The molecule has 0 aromatic carbocycles. The van der Waals surface area contributed by atoms with Gasteiger partial charge in [0, 0.05) is 0 Å². The van der Waals surface area contributed by atoms with E-state index in [0.29, 0.717) is 0 Å². The predicted molar refractivity (Wildman–Crippen MR) is 122 cm³/mol. The van der Waals surface area contributed by atoms with Crippen molar-refractivity contribution in [2.75, 3.05) is 33.3 Å². The van der Waals surface area contributed by atoms with Gasteiger partial charge >= 0.3 is 0 Å². The van der Waals surface area contributed by atoms with Crippen LogP contribution in [0.25, 0.3) is 0 Å². The van der Waals surface area contributed by atoms with Crippen LogP contribution in [0.5, 0.6) is 0 Å². The first-order valence-electron chi connectivity index (χ1n) is 12.5. The summed E-state index contributed by atoms with van der Waals surface area (Å²) in [6, 6.07) is 0. The first kappa shape index (κ1) is 29.1. The summed E-state index contributed by atoms with van der Waals surface area (Å²) in [4.78, 5) is 0. The molecule has 0 bridgehead atoms. The van der Waals surface area contributed by atoms with Crippen LogP contribution >= 0.6 is 0 Å². The van der Waals surface area contributed by atoms with E-state index in [1.54, 1.807) is 0 Å². The number of nitrogens with zero attached hydrogens (tertiary/aromatic N) is 1. The van der Waals surface area contributed by atoms with E-state index < -0.39 is 0 Å². The highest BCUT2D eigenvalue weighted by Gasteiger charge is 2.25. The van der Waals surface area contributed by atoms with E-state index >= 15 is 0 Å². The average molecular weight is 386 g/mol. The fourth-order valence-electron chi connectivity index (χ4n) is 4.17. The minimum absolute atomic E-state index is 0.750. The molecular formula is C25H55NO. The minimum Gasteiger partial charge on any atom is -0.857 e. The summed E-state index contributed by atoms with van der Waals surface area (Å²) in [6.45, 7) is 15.2. The molecule has 0 unspecified atom stereocenters. The van der Waals surface area contributed by atoms with Gasteiger partial charge < -0.3 is 9.59 Å². The molecule has 2 heteroatoms. The molecule has 166 valence electrons. The minimum atomic E-state index is 0.750. The molecule has 0 fully saturated rings.